The SMILES string of the molecule is c1cc(Oc2ccc3c(c2)C2CCC3CN2)c2cc[nH]c2n1. The van der Waals surface area contributed by atoms with E-state index in [9.17, 15) is 0 Å². The topological polar surface area (TPSA) is 49.9 Å². The minimum Gasteiger partial charge on any atom is -0.457 e. The first-order valence-electron chi connectivity index (χ1n) is 7.86. The largest absolute Gasteiger partial charge is 0.457 e. The van der Waals surface area contributed by atoms with E-state index in [2.05, 4.69) is 33.5 Å². The highest BCUT2D eigenvalue weighted by Crippen LogP contribution is 2.43. The minimum atomic E-state index is 0.494. The standard InChI is InChI=1S/C18H17N3O/c1-4-16-15-9-12(2-3-13(15)11(1)10-21-16)22-17-6-8-20-18-14(17)5-7-19-18/h2-3,5-9,11,16,21H,1,4,10H2,(H,19,20). The van der Waals surface area contributed by atoms with Crippen LogP contribution in [0, 0.1) is 0 Å². The number of H-pyrrole nitrogens is 1. The maximum atomic E-state index is 6.14. The van der Waals surface area contributed by atoms with E-state index in [1.54, 1.807) is 6.20 Å². The summed E-state index contributed by atoms with van der Waals surface area (Å²) >= 11 is 0. The molecule has 4 heteroatoms. The molecule has 0 spiro atoms. The molecular weight excluding hydrogens is 274 g/mol. The quantitative estimate of drug-likeness (QED) is 0.753. The van der Waals surface area contributed by atoms with Crippen LogP contribution in [0.3, 0.4) is 0 Å². The molecule has 1 saturated heterocycles. The van der Waals surface area contributed by atoms with E-state index in [1.165, 1.54) is 24.0 Å². The predicted molar refractivity (Wildman–Crippen MR) is 85.3 cm³/mol. The molecule has 6 rings (SSSR count). The molecule has 2 N–H and O–H groups in total. The van der Waals surface area contributed by atoms with E-state index >= 15 is 0 Å². The maximum absolute atomic E-state index is 6.14. The summed E-state index contributed by atoms with van der Waals surface area (Å²) in [5.41, 5.74) is 3.78. The van der Waals surface area contributed by atoms with Crippen LogP contribution < -0.4 is 10.1 Å². The monoisotopic (exact) mass is 291 g/mol. The third kappa shape index (κ3) is 1.77. The molecule has 110 valence electrons. The van der Waals surface area contributed by atoms with E-state index in [0.717, 1.165) is 29.1 Å². The summed E-state index contributed by atoms with van der Waals surface area (Å²) in [6, 6.07) is 11.0. The third-order valence-electron chi connectivity index (χ3n) is 4.94. The zero-order valence-electron chi connectivity index (χ0n) is 12.2. The van der Waals surface area contributed by atoms with Crippen LogP contribution in [-0.2, 0) is 0 Å². The molecule has 0 radical (unpaired) electrons. The van der Waals surface area contributed by atoms with Crippen LogP contribution in [0.1, 0.15) is 35.9 Å². The van der Waals surface area contributed by atoms with Crippen molar-refractivity contribution >= 4 is 11.0 Å². The first-order chi connectivity index (χ1) is 10.9. The summed E-state index contributed by atoms with van der Waals surface area (Å²) in [6.45, 7) is 1.12. The molecule has 1 fully saturated rings. The number of benzene rings is 1. The van der Waals surface area contributed by atoms with Crippen molar-refractivity contribution in [3.8, 4) is 11.5 Å². The van der Waals surface area contributed by atoms with Crippen molar-refractivity contribution in [3.05, 3.63) is 53.9 Å². The normalized spacial score (nSPS) is 22.7. The molecule has 3 aromatic rings. The number of pyridine rings is 1. The Kier molecular flexibility index (Phi) is 2.55. The van der Waals surface area contributed by atoms with Gasteiger partial charge in [0.1, 0.15) is 17.1 Å². The van der Waals surface area contributed by atoms with Gasteiger partial charge in [-0.3, -0.25) is 0 Å². The van der Waals surface area contributed by atoms with Crippen LogP contribution in [0.2, 0.25) is 0 Å². The van der Waals surface area contributed by atoms with Crippen molar-refractivity contribution in [2.75, 3.05) is 6.54 Å². The summed E-state index contributed by atoms with van der Waals surface area (Å²) in [5, 5.41) is 4.63. The van der Waals surface area contributed by atoms with Crippen LogP contribution in [-0.4, -0.2) is 16.5 Å². The second-order valence-electron chi connectivity index (χ2n) is 6.18. The number of fused-ring (bicyclic) bond motifs is 3. The average molecular weight is 291 g/mol. The molecule has 0 saturated carbocycles. The fourth-order valence-electron chi connectivity index (χ4n) is 3.83. The molecule has 4 nitrogen and oxygen atoms in total. The van der Waals surface area contributed by atoms with Crippen LogP contribution in [0.4, 0.5) is 0 Å². The van der Waals surface area contributed by atoms with E-state index in [-0.39, 0.29) is 0 Å². The fraction of sp³-hybridized carbons (Fsp3) is 0.278. The summed E-state index contributed by atoms with van der Waals surface area (Å²) in [5.74, 6) is 2.42. The molecule has 22 heavy (non-hydrogen) atoms. The Morgan fingerprint density at radius 1 is 1.09 bits per heavy atom. The molecule has 2 atom stereocenters. The minimum absolute atomic E-state index is 0.494. The predicted octanol–water partition coefficient (Wildman–Crippen LogP) is 3.88. The van der Waals surface area contributed by atoms with Crippen LogP contribution in [0.15, 0.2) is 42.7 Å². The summed E-state index contributed by atoms with van der Waals surface area (Å²) in [4.78, 5) is 7.42. The van der Waals surface area contributed by atoms with Gasteiger partial charge in [0.25, 0.3) is 0 Å². The number of aromatic amines is 1. The average Bonchev–Trinajstić information content (AvgIpc) is 3.06. The number of nitrogens with one attached hydrogen (secondary N) is 2. The van der Waals surface area contributed by atoms with E-state index in [0.29, 0.717) is 12.0 Å². The smallest absolute Gasteiger partial charge is 0.140 e. The molecule has 2 unspecified atom stereocenters. The van der Waals surface area contributed by atoms with E-state index in [1.807, 2.05) is 18.3 Å². The highest BCUT2D eigenvalue weighted by molar-refractivity contribution is 5.82. The van der Waals surface area contributed by atoms with Crippen molar-refractivity contribution in [2.24, 2.45) is 0 Å². The molecule has 4 heterocycles. The highest BCUT2D eigenvalue weighted by atomic mass is 16.5. The summed E-state index contributed by atoms with van der Waals surface area (Å²) in [7, 11) is 0. The Morgan fingerprint density at radius 2 is 2.09 bits per heavy atom. The fourth-order valence-corrected chi connectivity index (χ4v) is 3.83. The van der Waals surface area contributed by atoms with Crippen LogP contribution in [0.5, 0.6) is 11.5 Å². The van der Waals surface area contributed by atoms with Gasteiger partial charge < -0.3 is 15.0 Å². The third-order valence-corrected chi connectivity index (χ3v) is 4.94. The zero-order valence-corrected chi connectivity index (χ0v) is 12.2. The Bertz CT molecular complexity index is 846. The number of piperidine rings is 1. The van der Waals surface area contributed by atoms with Crippen molar-refractivity contribution in [2.45, 2.75) is 24.8 Å². The Morgan fingerprint density at radius 3 is 3.00 bits per heavy atom. The second-order valence-corrected chi connectivity index (χ2v) is 6.18. The molecular formula is C18H17N3O. The Balaban J connectivity index is 1.54. The van der Waals surface area contributed by atoms with Gasteiger partial charge in [0.05, 0.1) is 5.39 Å². The van der Waals surface area contributed by atoms with Gasteiger partial charge in [-0.25, -0.2) is 4.98 Å². The Labute approximate surface area is 128 Å². The second kappa shape index (κ2) is 4.58. The number of hydrogen-bond acceptors (Lipinski definition) is 3. The lowest BCUT2D eigenvalue weighted by Gasteiger charge is -2.39. The molecule has 2 aliphatic heterocycles. The first-order valence-corrected chi connectivity index (χ1v) is 7.86. The summed E-state index contributed by atoms with van der Waals surface area (Å²) < 4.78 is 6.14. The van der Waals surface area contributed by atoms with Gasteiger partial charge in [-0.05, 0) is 54.2 Å². The lowest BCUT2D eigenvalue weighted by atomic mass is 9.76. The molecule has 2 bridgehead atoms. The van der Waals surface area contributed by atoms with Crippen molar-refractivity contribution < 1.29 is 4.74 Å². The number of hydrogen-bond donors (Lipinski definition) is 2. The van der Waals surface area contributed by atoms with Gasteiger partial charge in [-0.2, -0.15) is 0 Å². The maximum Gasteiger partial charge on any atom is 0.140 e. The van der Waals surface area contributed by atoms with Crippen molar-refractivity contribution in [3.63, 3.8) is 0 Å². The van der Waals surface area contributed by atoms with E-state index in [4.69, 9.17) is 4.74 Å². The Hall–Kier alpha value is -2.33. The van der Waals surface area contributed by atoms with Crippen LogP contribution >= 0.6 is 0 Å². The van der Waals surface area contributed by atoms with E-state index < -0.39 is 0 Å². The molecule has 0 amide bonds. The van der Waals surface area contributed by atoms with Gasteiger partial charge in [0.2, 0.25) is 0 Å². The first kappa shape index (κ1) is 12.2. The number of nitrogens with zero attached hydrogens (tertiary/aromatic N) is 1. The lowest BCUT2D eigenvalue weighted by molar-refractivity contribution is 0.336. The van der Waals surface area contributed by atoms with Gasteiger partial charge in [0, 0.05) is 25.0 Å². The van der Waals surface area contributed by atoms with Crippen molar-refractivity contribution in [1.29, 1.82) is 0 Å². The number of aromatic nitrogens is 2. The number of rotatable bonds is 2. The summed E-state index contributed by atoms with van der Waals surface area (Å²) in [6.07, 6.45) is 6.20. The lowest BCUT2D eigenvalue weighted by Crippen LogP contribution is -2.38. The molecule has 2 aromatic heterocycles. The molecule has 1 aliphatic carbocycles. The van der Waals surface area contributed by atoms with Crippen molar-refractivity contribution in [1.82, 2.24) is 15.3 Å². The van der Waals surface area contributed by atoms with Gasteiger partial charge in [-0.15, -0.1) is 0 Å². The van der Waals surface area contributed by atoms with Gasteiger partial charge in [0.15, 0.2) is 0 Å². The molecule has 3 aliphatic rings. The van der Waals surface area contributed by atoms with Gasteiger partial charge >= 0.3 is 0 Å². The molecule has 1 aromatic carbocycles. The zero-order chi connectivity index (χ0) is 14.5. The number of ether oxygens (including phenoxy) is 1. The highest BCUT2D eigenvalue weighted by Gasteiger charge is 2.32. The van der Waals surface area contributed by atoms with Crippen LogP contribution in [0.25, 0.3) is 11.0 Å². The van der Waals surface area contributed by atoms with Gasteiger partial charge in [-0.1, -0.05) is 6.07 Å².